The zero-order valence-electron chi connectivity index (χ0n) is 13.1. The Balaban J connectivity index is 1.58. The van der Waals surface area contributed by atoms with Crippen molar-refractivity contribution >= 4 is 33.2 Å². The lowest BCUT2D eigenvalue weighted by molar-refractivity contribution is 0.174. The number of sulfonamides is 1. The maximum absolute atomic E-state index is 12.9. The molecule has 2 heterocycles. The molecule has 0 saturated carbocycles. The Kier molecular flexibility index (Phi) is 4.32. The minimum Gasteiger partial charge on any atom is -0.454 e. The third-order valence-corrected chi connectivity index (χ3v) is 7.11. The van der Waals surface area contributed by atoms with Crippen molar-refractivity contribution in [2.45, 2.75) is 17.2 Å². The topological polar surface area (TPSA) is 55.8 Å². The molecule has 8 heteroatoms. The number of halogens is 2. The summed E-state index contributed by atoms with van der Waals surface area (Å²) in [6.45, 7) is 1.05. The zero-order chi connectivity index (χ0) is 17.6. The van der Waals surface area contributed by atoms with E-state index in [0.29, 0.717) is 23.9 Å². The van der Waals surface area contributed by atoms with Gasteiger partial charge in [0.25, 0.3) is 0 Å². The Morgan fingerprint density at radius 3 is 2.68 bits per heavy atom. The summed E-state index contributed by atoms with van der Waals surface area (Å²) < 4.78 is 38.0. The van der Waals surface area contributed by atoms with Crippen LogP contribution in [-0.2, 0) is 10.0 Å². The first kappa shape index (κ1) is 17.0. The number of hydrogen-bond donors (Lipinski definition) is 0. The minimum absolute atomic E-state index is 0.0491. The molecule has 2 aliphatic heterocycles. The highest BCUT2D eigenvalue weighted by Gasteiger charge is 2.35. The molecule has 2 aromatic rings. The summed E-state index contributed by atoms with van der Waals surface area (Å²) in [5.74, 6) is 1.52. The fraction of sp³-hybridized carbons (Fsp3) is 0.294. The summed E-state index contributed by atoms with van der Waals surface area (Å²) in [4.78, 5) is 0.0491. The van der Waals surface area contributed by atoms with Crippen LogP contribution in [0.4, 0.5) is 0 Å². The summed E-state index contributed by atoms with van der Waals surface area (Å²) in [7, 11) is -3.68. The Morgan fingerprint density at radius 2 is 1.84 bits per heavy atom. The molecule has 5 nitrogen and oxygen atoms in total. The van der Waals surface area contributed by atoms with Gasteiger partial charge in [-0.25, -0.2) is 8.42 Å². The molecule has 0 bridgehead atoms. The first-order chi connectivity index (χ1) is 11.9. The molecule has 0 amide bonds. The Labute approximate surface area is 156 Å². The van der Waals surface area contributed by atoms with Crippen LogP contribution >= 0.6 is 23.2 Å². The van der Waals surface area contributed by atoms with E-state index in [9.17, 15) is 8.42 Å². The molecule has 0 aromatic heterocycles. The van der Waals surface area contributed by atoms with Crippen LogP contribution in [-0.4, -0.2) is 32.6 Å². The second kappa shape index (κ2) is 6.36. The van der Waals surface area contributed by atoms with Gasteiger partial charge in [-0.05, 0) is 48.2 Å². The van der Waals surface area contributed by atoms with Crippen molar-refractivity contribution in [3.05, 3.63) is 52.0 Å². The fourth-order valence-corrected chi connectivity index (χ4v) is 5.44. The molecule has 1 atom stereocenters. The van der Waals surface area contributed by atoms with Crippen LogP contribution in [0.25, 0.3) is 0 Å². The third kappa shape index (κ3) is 3.08. The predicted molar refractivity (Wildman–Crippen MR) is 95.1 cm³/mol. The smallest absolute Gasteiger partial charge is 0.244 e. The normalized spacial score (nSPS) is 20.2. The molecule has 4 rings (SSSR count). The van der Waals surface area contributed by atoms with Crippen LogP contribution < -0.4 is 9.47 Å². The van der Waals surface area contributed by atoms with Crippen molar-refractivity contribution in [2.75, 3.05) is 19.9 Å². The first-order valence-corrected chi connectivity index (χ1v) is 9.99. The second-order valence-electron chi connectivity index (χ2n) is 6.04. The lowest BCUT2D eigenvalue weighted by atomic mass is 9.98. The molecule has 25 heavy (non-hydrogen) atoms. The molecule has 132 valence electrons. The molecular formula is C17H15Cl2NO4S. The van der Waals surface area contributed by atoms with Gasteiger partial charge in [-0.2, -0.15) is 4.31 Å². The molecule has 0 radical (unpaired) electrons. The molecule has 0 spiro atoms. The molecule has 0 aliphatic carbocycles. The largest absolute Gasteiger partial charge is 0.454 e. The van der Waals surface area contributed by atoms with Gasteiger partial charge in [-0.3, -0.25) is 0 Å². The van der Waals surface area contributed by atoms with Gasteiger partial charge in [-0.1, -0.05) is 29.3 Å². The lowest BCUT2D eigenvalue weighted by Gasteiger charge is -2.18. The maximum atomic E-state index is 12.9. The SMILES string of the molecule is O=S(=O)(c1cc(Cl)ccc1Cl)N1CC[C@H](c2ccc3c(c2)OCO3)C1. The van der Waals surface area contributed by atoms with Gasteiger partial charge in [-0.15, -0.1) is 0 Å². The second-order valence-corrected chi connectivity index (χ2v) is 8.79. The number of ether oxygens (including phenoxy) is 2. The molecule has 0 N–H and O–H groups in total. The third-order valence-electron chi connectivity index (χ3n) is 4.53. The number of nitrogens with zero attached hydrogens (tertiary/aromatic N) is 1. The lowest BCUT2D eigenvalue weighted by Crippen LogP contribution is -2.29. The predicted octanol–water partition coefficient (Wildman–Crippen LogP) is 3.90. The average molecular weight is 400 g/mol. The monoisotopic (exact) mass is 399 g/mol. The van der Waals surface area contributed by atoms with E-state index in [1.165, 1.54) is 16.4 Å². The number of rotatable bonds is 3. The van der Waals surface area contributed by atoms with Gasteiger partial charge in [0, 0.05) is 18.1 Å². The summed E-state index contributed by atoms with van der Waals surface area (Å²) in [6.07, 6.45) is 0.733. The van der Waals surface area contributed by atoms with Crippen LogP contribution in [0.15, 0.2) is 41.3 Å². The molecule has 2 aliphatic rings. The number of fused-ring (bicyclic) bond motifs is 1. The first-order valence-electron chi connectivity index (χ1n) is 7.80. The highest BCUT2D eigenvalue weighted by Crippen LogP contribution is 2.38. The van der Waals surface area contributed by atoms with Gasteiger partial charge >= 0.3 is 0 Å². The fourth-order valence-electron chi connectivity index (χ4n) is 3.20. The molecule has 1 fully saturated rings. The van der Waals surface area contributed by atoms with Crippen LogP contribution in [0, 0.1) is 0 Å². The van der Waals surface area contributed by atoms with E-state index in [-0.39, 0.29) is 22.6 Å². The standard InChI is InChI=1S/C17H15Cl2NO4S/c18-13-2-3-14(19)17(8-13)25(21,22)20-6-5-12(9-20)11-1-4-15-16(7-11)24-10-23-15/h1-4,7-8,12H,5-6,9-10H2/t12-/m0/s1. The Morgan fingerprint density at radius 1 is 1.04 bits per heavy atom. The highest BCUT2D eigenvalue weighted by molar-refractivity contribution is 7.89. The van der Waals surface area contributed by atoms with Crippen LogP contribution in [0.5, 0.6) is 11.5 Å². The van der Waals surface area contributed by atoms with E-state index in [4.69, 9.17) is 32.7 Å². The summed E-state index contributed by atoms with van der Waals surface area (Å²) >= 11 is 12.0. The Bertz CT molecular complexity index is 932. The van der Waals surface area contributed by atoms with Crippen molar-refractivity contribution in [3.8, 4) is 11.5 Å². The van der Waals surface area contributed by atoms with E-state index in [1.807, 2.05) is 18.2 Å². The van der Waals surface area contributed by atoms with E-state index in [2.05, 4.69) is 0 Å². The van der Waals surface area contributed by atoms with Crippen molar-refractivity contribution in [1.82, 2.24) is 4.31 Å². The molecular weight excluding hydrogens is 385 g/mol. The highest BCUT2D eigenvalue weighted by atomic mass is 35.5. The van der Waals surface area contributed by atoms with Gasteiger partial charge in [0.05, 0.1) is 5.02 Å². The summed E-state index contributed by atoms with van der Waals surface area (Å²) in [5, 5.41) is 0.519. The van der Waals surface area contributed by atoms with Crippen molar-refractivity contribution in [2.24, 2.45) is 0 Å². The van der Waals surface area contributed by atoms with Crippen molar-refractivity contribution < 1.29 is 17.9 Å². The van der Waals surface area contributed by atoms with E-state index in [0.717, 1.165) is 17.7 Å². The maximum Gasteiger partial charge on any atom is 0.244 e. The van der Waals surface area contributed by atoms with Crippen LogP contribution in [0.1, 0.15) is 17.9 Å². The molecule has 0 unspecified atom stereocenters. The van der Waals surface area contributed by atoms with Gasteiger partial charge < -0.3 is 9.47 Å². The van der Waals surface area contributed by atoms with E-state index in [1.54, 1.807) is 6.07 Å². The van der Waals surface area contributed by atoms with Crippen LogP contribution in [0.2, 0.25) is 10.0 Å². The average Bonchev–Trinajstić information content (AvgIpc) is 3.25. The molecule has 2 aromatic carbocycles. The van der Waals surface area contributed by atoms with E-state index >= 15 is 0 Å². The van der Waals surface area contributed by atoms with Crippen molar-refractivity contribution in [1.29, 1.82) is 0 Å². The number of benzene rings is 2. The quantitative estimate of drug-likeness (QED) is 0.784. The summed E-state index contributed by atoms with van der Waals surface area (Å²) in [5.41, 5.74) is 1.04. The van der Waals surface area contributed by atoms with E-state index < -0.39 is 10.0 Å². The summed E-state index contributed by atoms with van der Waals surface area (Å²) in [6, 6.07) is 10.2. The van der Waals surface area contributed by atoms with Crippen LogP contribution in [0.3, 0.4) is 0 Å². The van der Waals surface area contributed by atoms with Gasteiger partial charge in [0.2, 0.25) is 16.8 Å². The Hall–Kier alpha value is -1.47. The van der Waals surface area contributed by atoms with Gasteiger partial charge in [0.15, 0.2) is 11.5 Å². The number of hydrogen-bond acceptors (Lipinski definition) is 4. The van der Waals surface area contributed by atoms with Crippen molar-refractivity contribution in [3.63, 3.8) is 0 Å². The van der Waals surface area contributed by atoms with Gasteiger partial charge in [0.1, 0.15) is 4.90 Å². The molecule has 1 saturated heterocycles. The zero-order valence-corrected chi connectivity index (χ0v) is 15.4. The minimum atomic E-state index is -3.68.